The quantitative estimate of drug-likeness (QED) is 0.722. The molecule has 1 aromatic carbocycles. The summed E-state index contributed by atoms with van der Waals surface area (Å²) in [4.78, 5) is 15.3. The summed E-state index contributed by atoms with van der Waals surface area (Å²) in [6.45, 7) is 5.82. The number of benzene rings is 1. The third-order valence-corrected chi connectivity index (χ3v) is 5.17. The number of carbonyl (C=O) groups excluding carboxylic acids is 1. The van der Waals surface area contributed by atoms with Crippen LogP contribution in [0.1, 0.15) is 35.8 Å². The van der Waals surface area contributed by atoms with Crippen molar-refractivity contribution in [2.24, 2.45) is 5.92 Å². The molecule has 0 radical (unpaired) electrons. The molecule has 0 atom stereocenters. The molecule has 1 aliphatic heterocycles. The van der Waals surface area contributed by atoms with Crippen LogP contribution in [0, 0.1) is 12.8 Å². The smallest absolute Gasteiger partial charge is 0.259 e. The molecule has 4 rings (SSSR count). The molecule has 0 N–H and O–H groups in total. The molecule has 3 aromatic rings. The minimum absolute atomic E-state index is 0.0836. The van der Waals surface area contributed by atoms with E-state index in [4.69, 9.17) is 5.10 Å². The lowest BCUT2D eigenvalue weighted by atomic mass is 9.98. The van der Waals surface area contributed by atoms with E-state index < -0.39 is 0 Å². The Hall–Kier alpha value is -2.82. The number of aromatic nitrogens is 3. The molecule has 1 aliphatic rings. The van der Waals surface area contributed by atoms with Crippen molar-refractivity contribution in [1.82, 2.24) is 19.2 Å². The van der Waals surface area contributed by atoms with Gasteiger partial charge in [-0.25, -0.2) is 4.68 Å². The lowest BCUT2D eigenvalue weighted by Gasteiger charge is -2.30. The highest BCUT2D eigenvalue weighted by atomic mass is 16.2. The molecule has 0 aliphatic carbocycles. The molecular formula is C21H24N4O. The molecule has 5 heteroatoms. The second kappa shape index (κ2) is 6.83. The number of amides is 1. The van der Waals surface area contributed by atoms with Crippen molar-refractivity contribution in [3.05, 3.63) is 66.1 Å². The third kappa shape index (κ3) is 2.94. The first-order valence-electron chi connectivity index (χ1n) is 9.23. The van der Waals surface area contributed by atoms with Crippen LogP contribution >= 0.6 is 0 Å². The molecular weight excluding hydrogens is 324 g/mol. The van der Waals surface area contributed by atoms with E-state index in [0.717, 1.165) is 43.1 Å². The Morgan fingerprint density at radius 1 is 1.04 bits per heavy atom. The summed E-state index contributed by atoms with van der Waals surface area (Å²) in [5.41, 5.74) is 2.41. The van der Waals surface area contributed by atoms with Crippen LogP contribution in [0.4, 0.5) is 0 Å². The fourth-order valence-corrected chi connectivity index (χ4v) is 3.60. The van der Waals surface area contributed by atoms with E-state index in [-0.39, 0.29) is 5.91 Å². The van der Waals surface area contributed by atoms with Crippen molar-refractivity contribution in [1.29, 1.82) is 0 Å². The molecule has 0 spiro atoms. The molecule has 1 fully saturated rings. The number of hydrogen-bond donors (Lipinski definition) is 0. The summed E-state index contributed by atoms with van der Waals surface area (Å²) in [7, 11) is 0. The SMILES string of the molecule is Cc1nn(-c2ccccc2)c(-n2cccc2)c1C(=O)N1CCC(C)CC1. The maximum atomic E-state index is 13.3. The fraction of sp³-hybridized carbons (Fsp3) is 0.333. The van der Waals surface area contributed by atoms with Crippen LogP contribution in [0.5, 0.6) is 0 Å². The zero-order valence-electron chi connectivity index (χ0n) is 15.3. The van der Waals surface area contributed by atoms with Gasteiger partial charge >= 0.3 is 0 Å². The molecule has 3 heterocycles. The van der Waals surface area contributed by atoms with Crippen molar-refractivity contribution >= 4 is 5.91 Å². The van der Waals surface area contributed by atoms with Gasteiger partial charge in [-0.05, 0) is 49.9 Å². The highest BCUT2D eigenvalue weighted by molar-refractivity contribution is 5.98. The van der Waals surface area contributed by atoms with Crippen LogP contribution in [0.3, 0.4) is 0 Å². The van der Waals surface area contributed by atoms with E-state index in [2.05, 4.69) is 6.92 Å². The van der Waals surface area contributed by atoms with E-state index in [1.165, 1.54) is 0 Å². The largest absolute Gasteiger partial charge is 0.338 e. The highest BCUT2D eigenvalue weighted by Gasteiger charge is 2.29. The summed E-state index contributed by atoms with van der Waals surface area (Å²) in [5.74, 6) is 1.58. The lowest BCUT2D eigenvalue weighted by Crippen LogP contribution is -2.38. The van der Waals surface area contributed by atoms with Gasteiger partial charge in [0.25, 0.3) is 5.91 Å². The van der Waals surface area contributed by atoms with E-state index in [9.17, 15) is 4.79 Å². The van der Waals surface area contributed by atoms with Gasteiger partial charge in [-0.15, -0.1) is 0 Å². The van der Waals surface area contributed by atoms with Crippen molar-refractivity contribution in [3.63, 3.8) is 0 Å². The number of hydrogen-bond acceptors (Lipinski definition) is 2. The van der Waals surface area contributed by atoms with Gasteiger partial charge in [0.05, 0.1) is 11.4 Å². The van der Waals surface area contributed by atoms with Gasteiger partial charge in [-0.2, -0.15) is 5.10 Å². The molecule has 0 bridgehead atoms. The van der Waals surface area contributed by atoms with Crippen LogP contribution in [0.2, 0.25) is 0 Å². The van der Waals surface area contributed by atoms with Crippen molar-refractivity contribution < 1.29 is 4.79 Å². The van der Waals surface area contributed by atoms with Gasteiger partial charge < -0.3 is 9.47 Å². The normalized spacial score (nSPS) is 15.4. The van der Waals surface area contributed by atoms with Gasteiger partial charge in [0.2, 0.25) is 0 Å². The highest BCUT2D eigenvalue weighted by Crippen LogP contribution is 2.26. The fourth-order valence-electron chi connectivity index (χ4n) is 3.60. The maximum Gasteiger partial charge on any atom is 0.259 e. The molecule has 0 saturated carbocycles. The standard InChI is InChI=1S/C21H24N4O/c1-16-10-14-24(15-11-16)21(26)19-17(2)22-25(18-8-4-3-5-9-18)20(19)23-12-6-7-13-23/h3-9,12-13,16H,10-11,14-15H2,1-2H3. The average Bonchev–Trinajstić information content (AvgIpc) is 3.30. The first-order valence-corrected chi connectivity index (χ1v) is 9.23. The number of para-hydroxylation sites is 1. The molecule has 1 saturated heterocycles. The first kappa shape index (κ1) is 16.6. The maximum absolute atomic E-state index is 13.3. The minimum atomic E-state index is 0.0836. The van der Waals surface area contributed by atoms with Crippen LogP contribution in [-0.4, -0.2) is 38.2 Å². The molecule has 1 amide bonds. The molecule has 26 heavy (non-hydrogen) atoms. The number of likely N-dealkylation sites (tertiary alicyclic amines) is 1. The zero-order chi connectivity index (χ0) is 18.1. The summed E-state index contributed by atoms with van der Waals surface area (Å²) in [6.07, 6.45) is 6.06. The van der Waals surface area contributed by atoms with E-state index >= 15 is 0 Å². The Morgan fingerprint density at radius 2 is 1.69 bits per heavy atom. The average molecular weight is 348 g/mol. The van der Waals surface area contributed by atoms with Gasteiger partial charge in [-0.1, -0.05) is 25.1 Å². The summed E-state index contributed by atoms with van der Waals surface area (Å²) in [5, 5.41) is 4.72. The van der Waals surface area contributed by atoms with Gasteiger partial charge in [0.15, 0.2) is 5.82 Å². The van der Waals surface area contributed by atoms with E-state index in [1.54, 1.807) is 0 Å². The van der Waals surface area contributed by atoms with Crippen molar-refractivity contribution in [2.75, 3.05) is 13.1 Å². The summed E-state index contributed by atoms with van der Waals surface area (Å²) >= 11 is 0. The number of nitrogens with zero attached hydrogens (tertiary/aromatic N) is 4. The molecule has 134 valence electrons. The van der Waals surface area contributed by atoms with Gasteiger partial charge in [-0.3, -0.25) is 4.79 Å². The third-order valence-electron chi connectivity index (χ3n) is 5.17. The second-order valence-corrected chi connectivity index (χ2v) is 7.10. The Bertz CT molecular complexity index is 888. The monoisotopic (exact) mass is 348 g/mol. The number of aryl methyl sites for hydroxylation is 1. The predicted octanol–water partition coefficient (Wildman–Crippen LogP) is 3.84. The lowest BCUT2D eigenvalue weighted by molar-refractivity contribution is 0.0696. The van der Waals surface area contributed by atoms with Crippen molar-refractivity contribution in [2.45, 2.75) is 26.7 Å². The van der Waals surface area contributed by atoms with Crippen molar-refractivity contribution in [3.8, 4) is 11.5 Å². The molecule has 5 nitrogen and oxygen atoms in total. The summed E-state index contributed by atoms with van der Waals surface area (Å²) in [6, 6.07) is 13.9. The Labute approximate surface area is 153 Å². The van der Waals surface area contributed by atoms with Crippen LogP contribution in [0.25, 0.3) is 11.5 Å². The number of piperidine rings is 1. The molecule has 2 aromatic heterocycles. The van der Waals surface area contributed by atoms with Gasteiger partial charge in [0, 0.05) is 25.5 Å². The molecule has 0 unspecified atom stereocenters. The Morgan fingerprint density at radius 3 is 2.35 bits per heavy atom. The number of carbonyl (C=O) groups is 1. The van der Waals surface area contributed by atoms with Crippen LogP contribution < -0.4 is 0 Å². The van der Waals surface area contributed by atoms with Crippen LogP contribution in [-0.2, 0) is 0 Å². The number of rotatable bonds is 3. The predicted molar refractivity (Wildman–Crippen MR) is 102 cm³/mol. The topological polar surface area (TPSA) is 43.1 Å². The van der Waals surface area contributed by atoms with Crippen LogP contribution in [0.15, 0.2) is 54.9 Å². The summed E-state index contributed by atoms with van der Waals surface area (Å²) < 4.78 is 3.85. The first-order chi connectivity index (χ1) is 12.6. The Balaban J connectivity index is 1.82. The van der Waals surface area contributed by atoms with E-state index in [0.29, 0.717) is 11.5 Å². The zero-order valence-corrected chi connectivity index (χ0v) is 15.3. The van der Waals surface area contributed by atoms with Gasteiger partial charge in [0.1, 0.15) is 5.56 Å². The second-order valence-electron chi connectivity index (χ2n) is 7.10. The minimum Gasteiger partial charge on any atom is -0.338 e. The Kier molecular flexibility index (Phi) is 4.37. The van der Waals surface area contributed by atoms with E-state index in [1.807, 2.05) is 75.9 Å².